The number of amides is 1. The van der Waals surface area contributed by atoms with Gasteiger partial charge < -0.3 is 10.1 Å². The van der Waals surface area contributed by atoms with Crippen LogP contribution in [0.25, 0.3) is 5.82 Å². The van der Waals surface area contributed by atoms with Gasteiger partial charge in [-0.25, -0.2) is 14.6 Å². The zero-order valence-corrected chi connectivity index (χ0v) is 11.5. The molecule has 0 aliphatic heterocycles. The van der Waals surface area contributed by atoms with E-state index in [2.05, 4.69) is 30.6 Å². The molecule has 0 aliphatic carbocycles. The lowest BCUT2D eigenvalue weighted by atomic mass is 10.3. The third-order valence-electron chi connectivity index (χ3n) is 2.72. The van der Waals surface area contributed by atoms with E-state index in [0.29, 0.717) is 17.5 Å². The van der Waals surface area contributed by atoms with Crippen molar-refractivity contribution in [2.45, 2.75) is 0 Å². The van der Waals surface area contributed by atoms with Gasteiger partial charge in [0.15, 0.2) is 11.5 Å². The van der Waals surface area contributed by atoms with Gasteiger partial charge in [-0.15, -0.1) is 10.2 Å². The number of aromatic nitrogens is 6. The Bertz CT molecular complexity index is 771. The van der Waals surface area contributed by atoms with Crippen LogP contribution in [-0.4, -0.2) is 43.0 Å². The van der Waals surface area contributed by atoms with Crippen LogP contribution in [0, 0.1) is 0 Å². The molecule has 22 heavy (non-hydrogen) atoms. The summed E-state index contributed by atoms with van der Waals surface area (Å²) in [4.78, 5) is 20.1. The standard InChI is InChI=1S/C13H11N7O2/c1-22-12-4-3-9(18-19-12)13(21)17-10-7-11(15-8-14-10)20-6-2-5-16-20/h2-8H,1H3,(H,14,15,17,21). The molecule has 0 bridgehead atoms. The SMILES string of the molecule is COc1ccc(C(=O)Nc2cc(-n3cccn3)ncn2)nn1. The maximum absolute atomic E-state index is 12.1. The Labute approximate surface area is 125 Å². The van der Waals surface area contributed by atoms with Crippen molar-refractivity contribution in [2.24, 2.45) is 0 Å². The smallest absolute Gasteiger partial charge is 0.277 e. The van der Waals surface area contributed by atoms with Gasteiger partial charge in [-0.3, -0.25) is 4.79 Å². The molecule has 0 unspecified atom stereocenters. The lowest BCUT2D eigenvalue weighted by molar-refractivity contribution is 0.102. The summed E-state index contributed by atoms with van der Waals surface area (Å²) < 4.78 is 6.45. The van der Waals surface area contributed by atoms with Gasteiger partial charge in [0.25, 0.3) is 5.91 Å². The largest absolute Gasteiger partial charge is 0.480 e. The Balaban J connectivity index is 1.77. The van der Waals surface area contributed by atoms with Crippen molar-refractivity contribution in [3.8, 4) is 11.7 Å². The van der Waals surface area contributed by atoms with Crippen molar-refractivity contribution < 1.29 is 9.53 Å². The fourth-order valence-electron chi connectivity index (χ4n) is 1.68. The van der Waals surface area contributed by atoms with E-state index in [4.69, 9.17) is 4.74 Å². The minimum absolute atomic E-state index is 0.153. The predicted molar refractivity (Wildman–Crippen MR) is 75.7 cm³/mol. The number of nitrogens with zero attached hydrogens (tertiary/aromatic N) is 6. The molecule has 1 amide bonds. The van der Waals surface area contributed by atoms with Gasteiger partial charge in [-0.05, 0) is 12.1 Å². The average Bonchev–Trinajstić information content (AvgIpc) is 3.10. The monoisotopic (exact) mass is 297 g/mol. The summed E-state index contributed by atoms with van der Waals surface area (Å²) in [7, 11) is 1.47. The molecule has 9 heteroatoms. The molecule has 1 N–H and O–H groups in total. The van der Waals surface area contributed by atoms with E-state index in [1.54, 1.807) is 35.3 Å². The number of ether oxygens (including phenoxy) is 1. The molecule has 0 aliphatic rings. The second kappa shape index (κ2) is 5.95. The Kier molecular flexibility index (Phi) is 3.69. The molecule has 3 aromatic rings. The maximum Gasteiger partial charge on any atom is 0.277 e. The highest BCUT2D eigenvalue weighted by molar-refractivity contribution is 6.02. The van der Waals surface area contributed by atoms with Crippen LogP contribution in [0.2, 0.25) is 0 Å². The number of rotatable bonds is 4. The van der Waals surface area contributed by atoms with Gasteiger partial charge in [-0.2, -0.15) is 5.10 Å². The van der Waals surface area contributed by atoms with E-state index in [0.717, 1.165) is 0 Å². The Hall–Kier alpha value is -3.36. The summed E-state index contributed by atoms with van der Waals surface area (Å²) in [6, 6.07) is 6.43. The average molecular weight is 297 g/mol. The zero-order chi connectivity index (χ0) is 15.4. The van der Waals surface area contributed by atoms with E-state index in [9.17, 15) is 4.79 Å². The first-order valence-electron chi connectivity index (χ1n) is 6.27. The molecule has 0 atom stereocenters. The fraction of sp³-hybridized carbons (Fsp3) is 0.0769. The van der Waals surface area contributed by atoms with E-state index >= 15 is 0 Å². The summed E-state index contributed by atoms with van der Waals surface area (Å²) >= 11 is 0. The third kappa shape index (κ3) is 2.87. The summed E-state index contributed by atoms with van der Waals surface area (Å²) in [6.45, 7) is 0. The second-order valence-corrected chi connectivity index (χ2v) is 4.13. The van der Waals surface area contributed by atoms with Crippen molar-refractivity contribution in [3.63, 3.8) is 0 Å². The Morgan fingerprint density at radius 1 is 1.27 bits per heavy atom. The van der Waals surface area contributed by atoms with Crippen LogP contribution in [0.15, 0.2) is 43.0 Å². The van der Waals surface area contributed by atoms with Crippen LogP contribution in [0.5, 0.6) is 5.88 Å². The van der Waals surface area contributed by atoms with Gasteiger partial charge in [0, 0.05) is 24.5 Å². The molecule has 0 saturated carbocycles. The van der Waals surface area contributed by atoms with Crippen molar-refractivity contribution in [1.29, 1.82) is 0 Å². The molecular weight excluding hydrogens is 286 g/mol. The second-order valence-electron chi connectivity index (χ2n) is 4.13. The minimum Gasteiger partial charge on any atom is -0.480 e. The molecule has 3 heterocycles. The van der Waals surface area contributed by atoms with Crippen molar-refractivity contribution in [3.05, 3.63) is 48.7 Å². The highest BCUT2D eigenvalue weighted by atomic mass is 16.5. The number of anilines is 1. The first-order chi connectivity index (χ1) is 10.8. The van der Waals surface area contributed by atoms with Crippen LogP contribution in [0.3, 0.4) is 0 Å². The van der Waals surface area contributed by atoms with E-state index in [1.165, 1.54) is 19.5 Å². The number of hydrogen-bond donors (Lipinski definition) is 1. The third-order valence-corrected chi connectivity index (χ3v) is 2.72. The molecule has 0 radical (unpaired) electrons. The van der Waals surface area contributed by atoms with Gasteiger partial charge in [0.05, 0.1) is 7.11 Å². The number of hydrogen-bond acceptors (Lipinski definition) is 7. The van der Waals surface area contributed by atoms with Crippen molar-refractivity contribution in [2.75, 3.05) is 12.4 Å². The van der Waals surface area contributed by atoms with Gasteiger partial charge >= 0.3 is 0 Å². The topological polar surface area (TPSA) is 108 Å². The first-order valence-corrected chi connectivity index (χ1v) is 6.27. The number of methoxy groups -OCH3 is 1. The summed E-state index contributed by atoms with van der Waals surface area (Å²) in [5.41, 5.74) is 0.153. The van der Waals surface area contributed by atoms with E-state index < -0.39 is 5.91 Å². The van der Waals surface area contributed by atoms with Crippen LogP contribution in [-0.2, 0) is 0 Å². The molecule has 0 fully saturated rings. The lowest BCUT2D eigenvalue weighted by Gasteiger charge is -2.05. The molecule has 3 rings (SSSR count). The quantitative estimate of drug-likeness (QED) is 0.755. The van der Waals surface area contributed by atoms with Crippen LogP contribution in [0.4, 0.5) is 5.82 Å². The predicted octanol–water partition coefficient (Wildman–Crippen LogP) is 0.713. The highest BCUT2D eigenvalue weighted by Gasteiger charge is 2.10. The number of nitrogens with one attached hydrogen (secondary N) is 1. The zero-order valence-electron chi connectivity index (χ0n) is 11.5. The minimum atomic E-state index is -0.430. The molecular formula is C13H11N7O2. The Morgan fingerprint density at radius 2 is 2.18 bits per heavy atom. The first kappa shape index (κ1) is 13.6. The van der Waals surface area contributed by atoms with E-state index in [-0.39, 0.29) is 5.69 Å². The molecule has 9 nitrogen and oxygen atoms in total. The highest BCUT2D eigenvalue weighted by Crippen LogP contribution is 2.10. The summed E-state index contributed by atoms with van der Waals surface area (Å²) in [6.07, 6.45) is 4.71. The van der Waals surface area contributed by atoms with Crippen LogP contribution < -0.4 is 10.1 Å². The van der Waals surface area contributed by atoms with Gasteiger partial charge in [0.2, 0.25) is 5.88 Å². The maximum atomic E-state index is 12.1. The van der Waals surface area contributed by atoms with Crippen LogP contribution >= 0.6 is 0 Å². The molecule has 3 aromatic heterocycles. The number of carbonyl (C=O) groups is 1. The molecule has 110 valence electrons. The summed E-state index contributed by atoms with van der Waals surface area (Å²) in [5, 5.41) is 14.2. The number of carbonyl (C=O) groups excluding carboxylic acids is 1. The summed E-state index contributed by atoms with van der Waals surface area (Å²) in [5.74, 6) is 0.777. The van der Waals surface area contributed by atoms with Crippen molar-refractivity contribution >= 4 is 11.7 Å². The van der Waals surface area contributed by atoms with E-state index in [1.807, 2.05) is 0 Å². The lowest BCUT2D eigenvalue weighted by Crippen LogP contribution is -2.15. The van der Waals surface area contributed by atoms with Gasteiger partial charge in [-0.1, -0.05) is 0 Å². The molecule has 0 aromatic carbocycles. The molecule has 0 spiro atoms. The normalized spacial score (nSPS) is 10.2. The van der Waals surface area contributed by atoms with Crippen LogP contribution in [0.1, 0.15) is 10.5 Å². The Morgan fingerprint density at radius 3 is 2.86 bits per heavy atom. The molecule has 0 saturated heterocycles. The fourth-order valence-corrected chi connectivity index (χ4v) is 1.68. The van der Waals surface area contributed by atoms with Crippen molar-refractivity contribution in [1.82, 2.24) is 29.9 Å². The van der Waals surface area contributed by atoms with Gasteiger partial charge in [0.1, 0.15) is 12.1 Å².